The second kappa shape index (κ2) is 14.9. The van der Waals surface area contributed by atoms with Gasteiger partial charge in [0.25, 0.3) is 0 Å². The minimum absolute atomic E-state index is 0.875. The molecule has 0 fully saturated rings. The Hall–Kier alpha value is -8.80. The molecule has 5 heteroatoms. The highest BCUT2D eigenvalue weighted by molar-refractivity contribution is 6.29. The molecule has 0 N–H and O–H groups in total. The van der Waals surface area contributed by atoms with Gasteiger partial charge in [0.1, 0.15) is 11.2 Å². The summed E-state index contributed by atoms with van der Waals surface area (Å²) in [6.45, 7) is 0. The number of para-hydroxylation sites is 6. The van der Waals surface area contributed by atoms with Crippen molar-refractivity contribution in [3.8, 4) is 11.4 Å². The topological polar surface area (TPSA) is 29.5 Å². The van der Waals surface area contributed by atoms with Gasteiger partial charge in [-0.05, 0) is 133 Å². The quantitative estimate of drug-likeness (QED) is 0.153. The second-order valence-corrected chi connectivity index (χ2v) is 16.5. The lowest BCUT2D eigenvalue weighted by Gasteiger charge is -2.25. The fourth-order valence-corrected chi connectivity index (χ4v) is 10.1. The summed E-state index contributed by atoms with van der Waals surface area (Å²) in [5.74, 6) is 0. The fourth-order valence-electron chi connectivity index (χ4n) is 10.1. The summed E-state index contributed by atoms with van der Waals surface area (Å²) >= 11 is 0. The Labute approximate surface area is 375 Å². The molecule has 0 spiro atoms. The Balaban J connectivity index is 1.12. The molecule has 0 aliphatic heterocycles. The van der Waals surface area contributed by atoms with Crippen molar-refractivity contribution in [1.82, 2.24) is 9.13 Å². The standard InChI is InChI=1S/C60H40N4O/c1-7-19-41(20-8-1)61(42-21-9-2-10-22-42)47-31-35-53-51(39-47)57-55(63(53)45-27-15-5-16-28-45)37-33-49-50-34-38-56-58(60(50)65-59(49)57)52-40-48(32-36-54(52)64(56)46-29-17-6-18-30-46)62(43-23-11-3-12-24-43)44-25-13-4-14-26-44/h1-40H. The van der Waals surface area contributed by atoms with Crippen LogP contribution in [0.3, 0.4) is 0 Å². The first kappa shape index (κ1) is 36.8. The molecule has 13 rings (SSSR count). The molecular weight excluding hydrogens is 793 g/mol. The number of benzene rings is 10. The average Bonchev–Trinajstić information content (AvgIpc) is 4.03. The minimum atomic E-state index is 0.875. The molecule has 13 aromatic rings. The van der Waals surface area contributed by atoms with E-state index in [-0.39, 0.29) is 0 Å². The summed E-state index contributed by atoms with van der Waals surface area (Å²) in [4.78, 5) is 4.66. The molecule has 0 saturated heterocycles. The Morgan fingerprint density at radius 1 is 0.262 bits per heavy atom. The van der Waals surface area contributed by atoms with Gasteiger partial charge in [-0.2, -0.15) is 0 Å². The molecule has 0 amide bonds. The predicted octanol–water partition coefficient (Wildman–Crippen LogP) is 16.7. The maximum absolute atomic E-state index is 7.48. The van der Waals surface area contributed by atoms with Gasteiger partial charge in [0.2, 0.25) is 0 Å². The first-order valence-corrected chi connectivity index (χ1v) is 22.1. The second-order valence-electron chi connectivity index (χ2n) is 16.5. The molecule has 0 bridgehead atoms. The molecule has 0 aliphatic rings. The zero-order chi connectivity index (χ0) is 42.8. The third kappa shape index (κ3) is 5.87. The Morgan fingerprint density at radius 2 is 0.569 bits per heavy atom. The van der Waals surface area contributed by atoms with E-state index in [0.29, 0.717) is 0 Å². The van der Waals surface area contributed by atoms with Crippen LogP contribution in [0.5, 0.6) is 0 Å². The maximum atomic E-state index is 7.48. The van der Waals surface area contributed by atoms with Gasteiger partial charge in [-0.3, -0.25) is 0 Å². The zero-order valence-electron chi connectivity index (χ0n) is 35.3. The highest BCUT2D eigenvalue weighted by Crippen LogP contribution is 2.47. The summed E-state index contributed by atoms with van der Waals surface area (Å²) in [6, 6.07) is 86.5. The maximum Gasteiger partial charge on any atom is 0.145 e. The average molecular weight is 833 g/mol. The molecule has 0 saturated carbocycles. The number of furan rings is 1. The molecule has 306 valence electrons. The Bertz CT molecular complexity index is 3530. The normalized spacial score (nSPS) is 11.7. The number of anilines is 6. The van der Waals surface area contributed by atoms with Crippen LogP contribution in [0.25, 0.3) is 76.9 Å². The van der Waals surface area contributed by atoms with E-state index < -0.39 is 0 Å². The number of nitrogens with zero attached hydrogens (tertiary/aromatic N) is 4. The van der Waals surface area contributed by atoms with Gasteiger partial charge in [-0.15, -0.1) is 0 Å². The van der Waals surface area contributed by atoms with E-state index in [2.05, 4.69) is 262 Å². The summed E-state index contributed by atoms with van der Waals surface area (Å²) < 4.78 is 12.2. The lowest BCUT2D eigenvalue weighted by molar-refractivity contribution is 0.677. The van der Waals surface area contributed by atoms with E-state index in [4.69, 9.17) is 4.42 Å². The van der Waals surface area contributed by atoms with Crippen LogP contribution in [-0.2, 0) is 0 Å². The zero-order valence-corrected chi connectivity index (χ0v) is 35.3. The summed E-state index contributed by atoms with van der Waals surface area (Å²) in [6.07, 6.45) is 0. The largest absolute Gasteiger partial charge is 0.455 e. The first-order valence-electron chi connectivity index (χ1n) is 22.1. The van der Waals surface area contributed by atoms with Gasteiger partial charge in [0.15, 0.2) is 0 Å². The van der Waals surface area contributed by atoms with E-state index in [0.717, 1.165) is 111 Å². The Morgan fingerprint density at radius 3 is 0.908 bits per heavy atom. The monoisotopic (exact) mass is 832 g/mol. The van der Waals surface area contributed by atoms with Crippen molar-refractivity contribution in [2.24, 2.45) is 0 Å². The number of hydrogen-bond donors (Lipinski definition) is 0. The van der Waals surface area contributed by atoms with E-state index in [9.17, 15) is 0 Å². The number of hydrogen-bond acceptors (Lipinski definition) is 3. The summed E-state index contributed by atoms with van der Waals surface area (Å²) in [5.41, 5.74) is 14.8. The fraction of sp³-hybridized carbons (Fsp3) is 0. The van der Waals surface area contributed by atoms with Crippen LogP contribution in [-0.4, -0.2) is 9.13 Å². The molecule has 65 heavy (non-hydrogen) atoms. The van der Waals surface area contributed by atoms with Crippen LogP contribution >= 0.6 is 0 Å². The molecule has 0 aliphatic carbocycles. The molecule has 0 unspecified atom stereocenters. The van der Waals surface area contributed by atoms with Crippen LogP contribution in [0, 0.1) is 0 Å². The van der Waals surface area contributed by atoms with Gasteiger partial charge >= 0.3 is 0 Å². The molecule has 3 aromatic heterocycles. The molecule has 0 atom stereocenters. The molecule has 3 heterocycles. The van der Waals surface area contributed by atoms with E-state index >= 15 is 0 Å². The van der Waals surface area contributed by atoms with E-state index in [1.807, 2.05) is 0 Å². The van der Waals surface area contributed by atoms with Gasteiger partial charge in [-0.25, -0.2) is 0 Å². The van der Waals surface area contributed by atoms with Crippen molar-refractivity contribution in [1.29, 1.82) is 0 Å². The highest BCUT2D eigenvalue weighted by atomic mass is 16.3. The molecule has 10 aromatic carbocycles. The SMILES string of the molecule is c1ccc(N(c2ccccc2)c2ccc3c(c2)c2c4oc5c(ccc6c5c5cc(N(c7ccccc7)c7ccccc7)ccc5n6-c5ccccc5)c4ccc2n3-c2ccccc2)cc1. The molecular formula is C60H40N4O. The van der Waals surface area contributed by atoms with E-state index in [1.54, 1.807) is 0 Å². The van der Waals surface area contributed by atoms with Crippen molar-refractivity contribution < 1.29 is 4.42 Å². The van der Waals surface area contributed by atoms with Gasteiger partial charge < -0.3 is 23.4 Å². The third-order valence-electron chi connectivity index (χ3n) is 12.8. The number of fused-ring (bicyclic) bond motifs is 11. The highest BCUT2D eigenvalue weighted by Gasteiger charge is 2.25. The van der Waals surface area contributed by atoms with Crippen LogP contribution < -0.4 is 9.80 Å². The van der Waals surface area contributed by atoms with Crippen LogP contribution in [0.1, 0.15) is 0 Å². The van der Waals surface area contributed by atoms with Crippen molar-refractivity contribution in [3.63, 3.8) is 0 Å². The van der Waals surface area contributed by atoms with Crippen molar-refractivity contribution in [2.45, 2.75) is 0 Å². The lowest BCUT2D eigenvalue weighted by Crippen LogP contribution is -2.09. The van der Waals surface area contributed by atoms with Crippen LogP contribution in [0.4, 0.5) is 34.1 Å². The molecule has 5 nitrogen and oxygen atoms in total. The van der Waals surface area contributed by atoms with Crippen LogP contribution in [0.15, 0.2) is 247 Å². The van der Waals surface area contributed by atoms with Crippen molar-refractivity contribution in [2.75, 3.05) is 9.80 Å². The summed E-state index contributed by atoms with van der Waals surface area (Å²) in [5, 5.41) is 6.58. The van der Waals surface area contributed by atoms with Crippen molar-refractivity contribution in [3.05, 3.63) is 243 Å². The van der Waals surface area contributed by atoms with E-state index in [1.165, 1.54) is 0 Å². The third-order valence-corrected chi connectivity index (χ3v) is 12.8. The van der Waals surface area contributed by atoms with Gasteiger partial charge in [0, 0.05) is 67.0 Å². The molecule has 0 radical (unpaired) electrons. The van der Waals surface area contributed by atoms with Crippen LogP contribution in [0.2, 0.25) is 0 Å². The number of aromatic nitrogens is 2. The predicted molar refractivity (Wildman–Crippen MR) is 272 cm³/mol. The summed E-state index contributed by atoms with van der Waals surface area (Å²) in [7, 11) is 0. The lowest BCUT2D eigenvalue weighted by atomic mass is 10.0. The Kier molecular flexibility index (Phi) is 8.46. The first-order chi connectivity index (χ1) is 32.3. The smallest absolute Gasteiger partial charge is 0.145 e. The van der Waals surface area contributed by atoms with Gasteiger partial charge in [0.05, 0.1) is 32.8 Å². The number of rotatable bonds is 8. The van der Waals surface area contributed by atoms with Gasteiger partial charge in [-0.1, -0.05) is 109 Å². The van der Waals surface area contributed by atoms with Crippen molar-refractivity contribution >= 4 is 99.7 Å². The minimum Gasteiger partial charge on any atom is -0.455 e.